The molecule has 1 N–H and O–H groups in total. The molecule has 126 valence electrons. The molecular formula is C18H25ClN2O2. The summed E-state index contributed by atoms with van der Waals surface area (Å²) in [6, 6.07) is 7.68. The van der Waals surface area contributed by atoms with Crippen LogP contribution in [0.2, 0.25) is 5.02 Å². The van der Waals surface area contributed by atoms with E-state index in [0.717, 1.165) is 18.5 Å². The molecule has 0 aliphatic carbocycles. The Balaban J connectivity index is 1.94. The van der Waals surface area contributed by atoms with Crippen molar-refractivity contribution in [1.29, 1.82) is 0 Å². The van der Waals surface area contributed by atoms with Gasteiger partial charge in [-0.3, -0.25) is 4.79 Å². The first-order valence-corrected chi connectivity index (χ1v) is 8.36. The molecule has 1 fully saturated rings. The zero-order valence-corrected chi connectivity index (χ0v) is 14.5. The van der Waals surface area contributed by atoms with E-state index in [9.17, 15) is 9.90 Å². The van der Waals surface area contributed by atoms with Crippen molar-refractivity contribution in [3.63, 3.8) is 0 Å². The summed E-state index contributed by atoms with van der Waals surface area (Å²) in [7, 11) is 3.93. The summed E-state index contributed by atoms with van der Waals surface area (Å²) in [6.07, 6.45) is 4.54. The first-order chi connectivity index (χ1) is 11.0. The third-order valence-electron chi connectivity index (χ3n) is 4.15. The standard InChI is InChI=1S/C18H25ClN2O2/c1-20(2)10-3-4-18(23)21-11-9-17(22)15(13-21)12-14-5-7-16(19)8-6-14/h3-8,15,17,22H,9-13H2,1-2H3/b4-3+/t15-,17-/m1/s1. The van der Waals surface area contributed by atoms with Crippen molar-refractivity contribution in [2.24, 2.45) is 5.92 Å². The normalized spacial score (nSPS) is 22.0. The van der Waals surface area contributed by atoms with Gasteiger partial charge in [0.1, 0.15) is 0 Å². The van der Waals surface area contributed by atoms with Gasteiger partial charge >= 0.3 is 0 Å². The molecule has 0 bridgehead atoms. The monoisotopic (exact) mass is 336 g/mol. The van der Waals surface area contributed by atoms with Gasteiger partial charge in [0, 0.05) is 36.7 Å². The van der Waals surface area contributed by atoms with E-state index < -0.39 is 0 Å². The number of hydrogen-bond donors (Lipinski definition) is 1. The average molecular weight is 337 g/mol. The SMILES string of the molecule is CN(C)C/C=C/C(=O)N1CC[C@@H](O)[C@H](Cc2ccc(Cl)cc2)C1. The number of hydrogen-bond acceptors (Lipinski definition) is 3. The molecule has 1 aliphatic heterocycles. The van der Waals surface area contributed by atoms with Crippen molar-refractivity contribution >= 4 is 17.5 Å². The number of likely N-dealkylation sites (N-methyl/N-ethyl adjacent to an activating group) is 1. The lowest BCUT2D eigenvalue weighted by Crippen LogP contribution is -2.46. The van der Waals surface area contributed by atoms with E-state index in [1.165, 1.54) is 0 Å². The summed E-state index contributed by atoms with van der Waals surface area (Å²) in [5, 5.41) is 11.0. The maximum Gasteiger partial charge on any atom is 0.246 e. The largest absolute Gasteiger partial charge is 0.393 e. The van der Waals surface area contributed by atoms with Crippen LogP contribution in [0.5, 0.6) is 0 Å². The van der Waals surface area contributed by atoms with Gasteiger partial charge in [-0.05, 0) is 44.6 Å². The summed E-state index contributed by atoms with van der Waals surface area (Å²) in [5.41, 5.74) is 1.14. The Bertz CT molecular complexity index is 542. The molecule has 0 unspecified atom stereocenters. The summed E-state index contributed by atoms with van der Waals surface area (Å²) < 4.78 is 0. The fourth-order valence-corrected chi connectivity index (χ4v) is 2.94. The van der Waals surface area contributed by atoms with Crippen molar-refractivity contribution < 1.29 is 9.90 Å². The predicted octanol–water partition coefficient (Wildman–Crippen LogP) is 2.21. The maximum absolute atomic E-state index is 12.3. The minimum absolute atomic E-state index is 0.0276. The molecular weight excluding hydrogens is 312 g/mol. The highest BCUT2D eigenvalue weighted by molar-refractivity contribution is 6.30. The van der Waals surface area contributed by atoms with Crippen molar-refractivity contribution in [1.82, 2.24) is 9.80 Å². The van der Waals surface area contributed by atoms with Gasteiger partial charge in [0.2, 0.25) is 5.91 Å². The van der Waals surface area contributed by atoms with Gasteiger partial charge in [0.05, 0.1) is 6.10 Å². The first kappa shape index (κ1) is 18.0. The van der Waals surface area contributed by atoms with Crippen LogP contribution in [0.15, 0.2) is 36.4 Å². The molecule has 1 amide bonds. The number of benzene rings is 1. The number of halogens is 1. The minimum atomic E-state index is -0.361. The second-order valence-electron chi connectivity index (χ2n) is 6.40. The van der Waals surface area contributed by atoms with Crippen LogP contribution in [0.3, 0.4) is 0 Å². The van der Waals surface area contributed by atoms with Gasteiger partial charge in [-0.15, -0.1) is 0 Å². The summed E-state index contributed by atoms with van der Waals surface area (Å²) >= 11 is 5.91. The van der Waals surface area contributed by atoms with E-state index in [4.69, 9.17) is 11.6 Å². The van der Waals surface area contributed by atoms with Crippen LogP contribution in [0.4, 0.5) is 0 Å². The van der Waals surface area contributed by atoms with Gasteiger partial charge in [-0.2, -0.15) is 0 Å². The molecule has 1 aromatic carbocycles. The van der Waals surface area contributed by atoms with Crippen LogP contribution < -0.4 is 0 Å². The number of amides is 1. The number of aliphatic hydroxyl groups excluding tert-OH is 1. The van der Waals surface area contributed by atoms with Crippen LogP contribution in [0.1, 0.15) is 12.0 Å². The molecule has 4 nitrogen and oxygen atoms in total. The topological polar surface area (TPSA) is 43.8 Å². The number of aliphatic hydroxyl groups is 1. The van der Waals surface area contributed by atoms with E-state index in [0.29, 0.717) is 24.5 Å². The third kappa shape index (κ3) is 5.65. The Kier molecular flexibility index (Phi) is 6.63. The number of carbonyl (C=O) groups excluding carboxylic acids is 1. The molecule has 1 heterocycles. The maximum atomic E-state index is 12.3. The smallest absolute Gasteiger partial charge is 0.246 e. The lowest BCUT2D eigenvalue weighted by Gasteiger charge is -2.36. The molecule has 2 atom stereocenters. The van der Waals surface area contributed by atoms with E-state index >= 15 is 0 Å². The van der Waals surface area contributed by atoms with E-state index in [1.807, 2.05) is 54.2 Å². The quantitative estimate of drug-likeness (QED) is 0.838. The first-order valence-electron chi connectivity index (χ1n) is 7.98. The Hall–Kier alpha value is -1.36. The predicted molar refractivity (Wildman–Crippen MR) is 93.5 cm³/mol. The Morgan fingerprint density at radius 1 is 1.39 bits per heavy atom. The van der Waals surface area contributed by atoms with Crippen LogP contribution in [0.25, 0.3) is 0 Å². The Morgan fingerprint density at radius 3 is 2.74 bits per heavy atom. The van der Waals surface area contributed by atoms with Crippen molar-refractivity contribution in [3.05, 3.63) is 47.0 Å². The summed E-state index contributed by atoms with van der Waals surface area (Å²) in [6.45, 7) is 1.95. The van der Waals surface area contributed by atoms with Crippen LogP contribution in [-0.4, -0.2) is 60.6 Å². The second-order valence-corrected chi connectivity index (χ2v) is 6.83. The van der Waals surface area contributed by atoms with E-state index in [1.54, 1.807) is 6.08 Å². The van der Waals surface area contributed by atoms with Crippen molar-refractivity contribution in [2.45, 2.75) is 18.9 Å². The fourth-order valence-electron chi connectivity index (χ4n) is 2.81. The number of likely N-dealkylation sites (tertiary alicyclic amines) is 1. The molecule has 0 saturated carbocycles. The molecule has 23 heavy (non-hydrogen) atoms. The van der Waals surface area contributed by atoms with Crippen LogP contribution >= 0.6 is 11.6 Å². The minimum Gasteiger partial charge on any atom is -0.393 e. The molecule has 1 saturated heterocycles. The highest BCUT2D eigenvalue weighted by Gasteiger charge is 2.29. The van der Waals surface area contributed by atoms with Crippen molar-refractivity contribution in [2.75, 3.05) is 33.7 Å². The van der Waals surface area contributed by atoms with E-state index in [2.05, 4.69) is 0 Å². The highest BCUT2D eigenvalue weighted by atomic mass is 35.5. The van der Waals surface area contributed by atoms with Gasteiger partial charge in [-0.25, -0.2) is 0 Å². The lowest BCUT2D eigenvalue weighted by molar-refractivity contribution is -0.129. The molecule has 0 spiro atoms. The van der Waals surface area contributed by atoms with Crippen LogP contribution in [-0.2, 0) is 11.2 Å². The zero-order valence-electron chi connectivity index (χ0n) is 13.8. The van der Waals surface area contributed by atoms with Gasteiger partial charge in [0.25, 0.3) is 0 Å². The summed E-state index contributed by atoms with van der Waals surface area (Å²) in [4.78, 5) is 16.1. The highest BCUT2D eigenvalue weighted by Crippen LogP contribution is 2.22. The van der Waals surface area contributed by atoms with Crippen LogP contribution in [0, 0.1) is 5.92 Å². The molecule has 0 radical (unpaired) electrons. The van der Waals surface area contributed by atoms with Gasteiger partial charge in [-0.1, -0.05) is 29.8 Å². The molecule has 1 aliphatic rings. The number of rotatable bonds is 5. The van der Waals surface area contributed by atoms with Gasteiger partial charge < -0.3 is 14.9 Å². The molecule has 2 rings (SSSR count). The Labute approximate surface area is 143 Å². The number of nitrogens with zero attached hydrogens (tertiary/aromatic N) is 2. The fraction of sp³-hybridized carbons (Fsp3) is 0.500. The second kappa shape index (κ2) is 8.48. The zero-order chi connectivity index (χ0) is 16.8. The molecule has 0 aromatic heterocycles. The van der Waals surface area contributed by atoms with Gasteiger partial charge in [0.15, 0.2) is 0 Å². The van der Waals surface area contributed by atoms with Crippen molar-refractivity contribution in [3.8, 4) is 0 Å². The Morgan fingerprint density at radius 2 is 2.09 bits per heavy atom. The number of piperidine rings is 1. The van der Waals surface area contributed by atoms with E-state index in [-0.39, 0.29) is 17.9 Å². The summed E-state index contributed by atoms with van der Waals surface area (Å²) in [5.74, 6) is 0.0935. The lowest BCUT2D eigenvalue weighted by atomic mass is 9.88. The number of carbonyl (C=O) groups is 1. The molecule has 5 heteroatoms. The average Bonchev–Trinajstić information content (AvgIpc) is 2.51. The molecule has 1 aromatic rings. The third-order valence-corrected chi connectivity index (χ3v) is 4.40.